The first kappa shape index (κ1) is 79.1. The highest BCUT2D eigenvalue weighted by atomic mass is 16.5. The molecule has 0 heterocycles. The van der Waals surface area contributed by atoms with Gasteiger partial charge in [0.15, 0.2) is 0 Å². The fourth-order valence-corrected chi connectivity index (χ4v) is 11.6. The Kier molecular flexibility index (Phi) is 68.9. The summed E-state index contributed by atoms with van der Waals surface area (Å²) in [7, 11) is 0. The predicted octanol–water partition coefficient (Wildman–Crippen LogP) is 23.9. The van der Waals surface area contributed by atoms with Gasteiger partial charge in [0.2, 0.25) is 5.91 Å². The number of aliphatic hydroxyl groups is 2. The maximum Gasteiger partial charge on any atom is 0.305 e. The first-order valence-corrected chi connectivity index (χ1v) is 36.7. The summed E-state index contributed by atoms with van der Waals surface area (Å²) in [6, 6.07) is -0.548. The fourth-order valence-electron chi connectivity index (χ4n) is 11.6. The topological polar surface area (TPSA) is 95.9 Å². The minimum absolute atomic E-state index is 0.00179. The van der Waals surface area contributed by atoms with Gasteiger partial charge in [-0.1, -0.05) is 346 Å². The largest absolute Gasteiger partial charge is 0.466 e. The molecule has 0 radical (unpaired) electrons. The molecule has 81 heavy (non-hydrogen) atoms. The molecule has 0 aliphatic heterocycles. The molecule has 478 valence electrons. The summed E-state index contributed by atoms with van der Waals surface area (Å²) in [5, 5.41) is 23.4. The number of hydrogen-bond acceptors (Lipinski definition) is 5. The van der Waals surface area contributed by atoms with Crippen molar-refractivity contribution in [3.05, 3.63) is 36.5 Å². The minimum atomic E-state index is -0.670. The number of ether oxygens (including phenoxy) is 1. The van der Waals surface area contributed by atoms with Crippen LogP contribution in [-0.4, -0.2) is 47.4 Å². The third kappa shape index (κ3) is 67.1. The van der Waals surface area contributed by atoms with E-state index in [2.05, 4.69) is 55.6 Å². The highest BCUT2D eigenvalue weighted by Crippen LogP contribution is 2.19. The molecular weight excluding hydrogens is 995 g/mol. The molecular formula is C75H143NO5. The van der Waals surface area contributed by atoms with Crippen LogP contribution in [-0.2, 0) is 14.3 Å². The number of carbonyl (C=O) groups excluding carboxylic acids is 2. The standard InChI is InChI=1S/C75H143NO5/c1-3-5-7-9-11-13-15-17-19-20-21-22-23-27-30-33-36-40-43-47-51-55-59-63-67-73(78)72(71-77)76-74(79)68-64-60-56-52-48-44-41-37-34-31-28-25-24-26-29-32-35-38-42-46-50-54-58-62-66-70-81-75(80)69-65-61-57-53-49-45-39-18-16-14-12-10-8-6-4-2/h18,25-26,28-29,39,72-73,77-78H,3-17,19-24,27,30-38,40-71H2,1-2H3,(H,76,79)/b28-25-,29-26-,39-18-. The van der Waals surface area contributed by atoms with Crippen molar-refractivity contribution in [3.63, 3.8) is 0 Å². The van der Waals surface area contributed by atoms with Crippen molar-refractivity contribution in [2.45, 2.75) is 418 Å². The van der Waals surface area contributed by atoms with Crippen LogP contribution in [0.25, 0.3) is 0 Å². The lowest BCUT2D eigenvalue weighted by atomic mass is 10.0. The number of carbonyl (C=O) groups is 2. The summed E-state index contributed by atoms with van der Waals surface area (Å²) in [6.45, 7) is 4.97. The van der Waals surface area contributed by atoms with Gasteiger partial charge in [-0.05, 0) is 83.5 Å². The van der Waals surface area contributed by atoms with Gasteiger partial charge in [0.1, 0.15) is 0 Å². The maximum atomic E-state index is 12.6. The Labute approximate surface area is 506 Å². The molecule has 0 aliphatic carbocycles. The molecule has 6 heteroatoms. The van der Waals surface area contributed by atoms with E-state index in [9.17, 15) is 19.8 Å². The molecule has 2 unspecified atom stereocenters. The average Bonchev–Trinajstić information content (AvgIpc) is 3.47. The van der Waals surface area contributed by atoms with Crippen LogP contribution in [0.5, 0.6) is 0 Å². The van der Waals surface area contributed by atoms with Crippen LogP contribution < -0.4 is 5.32 Å². The second-order valence-electron chi connectivity index (χ2n) is 25.3. The van der Waals surface area contributed by atoms with Gasteiger partial charge in [-0.2, -0.15) is 0 Å². The molecule has 0 aliphatic rings. The van der Waals surface area contributed by atoms with Gasteiger partial charge >= 0.3 is 5.97 Å². The molecule has 2 atom stereocenters. The molecule has 0 aromatic rings. The average molecular weight is 1140 g/mol. The molecule has 3 N–H and O–H groups in total. The maximum absolute atomic E-state index is 12.6. The first-order chi connectivity index (χ1) is 40.0. The number of allylic oxidation sites excluding steroid dienone is 6. The molecule has 0 aromatic heterocycles. The zero-order valence-electron chi connectivity index (χ0n) is 54.8. The van der Waals surface area contributed by atoms with E-state index in [1.54, 1.807) is 0 Å². The number of amides is 1. The van der Waals surface area contributed by atoms with Crippen molar-refractivity contribution in [3.8, 4) is 0 Å². The van der Waals surface area contributed by atoms with Crippen molar-refractivity contribution < 1.29 is 24.5 Å². The van der Waals surface area contributed by atoms with Gasteiger partial charge in [-0.25, -0.2) is 0 Å². The van der Waals surface area contributed by atoms with Crippen LogP contribution in [0.3, 0.4) is 0 Å². The second-order valence-corrected chi connectivity index (χ2v) is 25.3. The molecule has 0 aromatic carbocycles. The first-order valence-electron chi connectivity index (χ1n) is 36.7. The summed E-state index contributed by atoms with van der Waals surface area (Å²) in [6.07, 6.45) is 90.5. The smallest absolute Gasteiger partial charge is 0.305 e. The SMILES string of the molecule is CCCCCCCC/C=C\CCCCCCCC(=O)OCCCCCCCCCCC/C=C\C/C=C\CCCCCCCCCCCC(=O)NC(CO)C(O)CCCCCCCCCCCCCCCCCCCCCCCCCC. The van der Waals surface area contributed by atoms with Gasteiger partial charge in [-0.15, -0.1) is 0 Å². The molecule has 0 bridgehead atoms. The highest BCUT2D eigenvalue weighted by molar-refractivity contribution is 5.76. The highest BCUT2D eigenvalue weighted by Gasteiger charge is 2.20. The quantitative estimate of drug-likeness (QED) is 0.0320. The summed E-state index contributed by atoms with van der Waals surface area (Å²) in [4.78, 5) is 24.6. The minimum Gasteiger partial charge on any atom is -0.466 e. The second kappa shape index (κ2) is 70.6. The van der Waals surface area contributed by atoms with E-state index >= 15 is 0 Å². The molecule has 0 rings (SSSR count). The van der Waals surface area contributed by atoms with Crippen LogP contribution in [0.4, 0.5) is 0 Å². The normalized spacial score (nSPS) is 12.7. The van der Waals surface area contributed by atoms with Gasteiger partial charge in [0.25, 0.3) is 0 Å². The third-order valence-electron chi connectivity index (χ3n) is 17.2. The molecule has 1 amide bonds. The number of rotatable bonds is 69. The van der Waals surface area contributed by atoms with E-state index < -0.39 is 12.1 Å². The Morgan fingerprint density at radius 3 is 0.951 bits per heavy atom. The lowest BCUT2D eigenvalue weighted by Gasteiger charge is -2.22. The zero-order chi connectivity index (χ0) is 58.5. The fraction of sp³-hybridized carbons (Fsp3) is 0.893. The lowest BCUT2D eigenvalue weighted by molar-refractivity contribution is -0.143. The van der Waals surface area contributed by atoms with Gasteiger partial charge in [-0.3, -0.25) is 9.59 Å². The van der Waals surface area contributed by atoms with E-state index in [1.807, 2.05) is 0 Å². The van der Waals surface area contributed by atoms with E-state index in [4.69, 9.17) is 4.74 Å². The van der Waals surface area contributed by atoms with Crippen molar-refractivity contribution >= 4 is 11.9 Å². The van der Waals surface area contributed by atoms with Crippen LogP contribution in [0.15, 0.2) is 36.5 Å². The van der Waals surface area contributed by atoms with Crippen LogP contribution >= 0.6 is 0 Å². The lowest BCUT2D eigenvalue weighted by Crippen LogP contribution is -2.45. The van der Waals surface area contributed by atoms with Crippen LogP contribution in [0, 0.1) is 0 Å². The Bertz CT molecular complexity index is 1310. The van der Waals surface area contributed by atoms with Crippen molar-refractivity contribution in [1.29, 1.82) is 0 Å². The van der Waals surface area contributed by atoms with E-state index in [0.717, 1.165) is 51.4 Å². The summed E-state index contributed by atoms with van der Waals surface area (Å²) in [5.41, 5.74) is 0. The predicted molar refractivity (Wildman–Crippen MR) is 356 cm³/mol. The number of unbranched alkanes of at least 4 members (excludes halogenated alkanes) is 52. The zero-order valence-corrected chi connectivity index (χ0v) is 54.8. The van der Waals surface area contributed by atoms with Gasteiger partial charge in [0.05, 0.1) is 25.4 Å². The Hall–Kier alpha value is -1.92. The van der Waals surface area contributed by atoms with Gasteiger partial charge in [0, 0.05) is 12.8 Å². The Morgan fingerprint density at radius 1 is 0.346 bits per heavy atom. The van der Waals surface area contributed by atoms with E-state index in [0.29, 0.717) is 25.9 Å². The number of hydrogen-bond donors (Lipinski definition) is 3. The summed E-state index contributed by atoms with van der Waals surface area (Å²) in [5.74, 6) is -0.0349. The Morgan fingerprint density at radius 2 is 0.617 bits per heavy atom. The van der Waals surface area contributed by atoms with E-state index in [-0.39, 0.29) is 18.5 Å². The molecule has 6 nitrogen and oxygen atoms in total. The monoisotopic (exact) mass is 1140 g/mol. The van der Waals surface area contributed by atoms with Gasteiger partial charge < -0.3 is 20.3 Å². The van der Waals surface area contributed by atoms with Crippen molar-refractivity contribution in [2.24, 2.45) is 0 Å². The summed E-state index contributed by atoms with van der Waals surface area (Å²) >= 11 is 0. The van der Waals surface area contributed by atoms with Crippen molar-refractivity contribution in [1.82, 2.24) is 5.32 Å². The number of nitrogens with one attached hydrogen (secondary N) is 1. The molecule has 0 fully saturated rings. The summed E-state index contributed by atoms with van der Waals surface area (Å²) < 4.78 is 5.49. The third-order valence-corrected chi connectivity index (χ3v) is 17.2. The Balaban J connectivity index is 3.43. The van der Waals surface area contributed by atoms with E-state index in [1.165, 1.54) is 321 Å². The number of aliphatic hydroxyl groups excluding tert-OH is 2. The molecule has 0 saturated heterocycles. The molecule has 0 spiro atoms. The van der Waals surface area contributed by atoms with Crippen LogP contribution in [0.1, 0.15) is 406 Å². The molecule has 0 saturated carbocycles. The van der Waals surface area contributed by atoms with Crippen molar-refractivity contribution in [2.75, 3.05) is 13.2 Å². The van der Waals surface area contributed by atoms with Crippen LogP contribution in [0.2, 0.25) is 0 Å². The number of esters is 1.